The van der Waals surface area contributed by atoms with Crippen molar-refractivity contribution in [2.75, 3.05) is 0 Å². The van der Waals surface area contributed by atoms with Crippen molar-refractivity contribution in [2.45, 2.75) is 5.16 Å². The second kappa shape index (κ2) is 6.92. The molecule has 1 aromatic carbocycles. The van der Waals surface area contributed by atoms with Gasteiger partial charge in [0.1, 0.15) is 10.7 Å². The molecule has 0 N–H and O–H groups in total. The number of nitro groups is 1. The van der Waals surface area contributed by atoms with Crippen molar-refractivity contribution in [2.24, 2.45) is 5.10 Å². The summed E-state index contributed by atoms with van der Waals surface area (Å²) in [5, 5.41) is 23.1. The van der Waals surface area contributed by atoms with E-state index in [1.54, 1.807) is 12.2 Å². The highest BCUT2D eigenvalue weighted by molar-refractivity contribution is 7.80. The Hall–Kier alpha value is -3.20. The van der Waals surface area contributed by atoms with Crippen molar-refractivity contribution in [1.82, 2.24) is 14.9 Å². The fourth-order valence-electron chi connectivity index (χ4n) is 1.92. The lowest BCUT2D eigenvalue weighted by Crippen LogP contribution is -1.94. The van der Waals surface area contributed by atoms with Crippen molar-refractivity contribution >= 4 is 30.8 Å². The van der Waals surface area contributed by atoms with Gasteiger partial charge in [-0.25, -0.2) is 0 Å². The van der Waals surface area contributed by atoms with Gasteiger partial charge in [0.2, 0.25) is 5.16 Å². The summed E-state index contributed by atoms with van der Waals surface area (Å²) in [6.45, 7) is 0. The molecule has 0 aliphatic rings. The molecule has 0 fully saturated rings. The van der Waals surface area contributed by atoms with Gasteiger partial charge in [-0.05, 0) is 18.2 Å². The fourth-order valence-corrected chi connectivity index (χ4v) is 2.11. The van der Waals surface area contributed by atoms with Crippen LogP contribution in [0.25, 0.3) is 17.5 Å². The summed E-state index contributed by atoms with van der Waals surface area (Å²) < 4.78 is 6.48. The molecule has 0 saturated carbocycles. The number of hydrogen-bond donors (Lipinski definition) is 1. The molecule has 0 bridgehead atoms. The maximum Gasteiger partial charge on any atom is 0.433 e. The number of nitrogens with zero attached hydrogens (tertiary/aromatic N) is 5. The van der Waals surface area contributed by atoms with Crippen molar-refractivity contribution < 1.29 is 9.34 Å². The number of aromatic nitrogens is 3. The van der Waals surface area contributed by atoms with Gasteiger partial charge in [-0.1, -0.05) is 30.3 Å². The zero-order valence-corrected chi connectivity index (χ0v) is 13.1. The lowest BCUT2D eigenvalue weighted by molar-refractivity contribution is -0.402. The summed E-state index contributed by atoms with van der Waals surface area (Å²) >= 11 is 4.22. The standard InChI is InChI=1S/C15H11N5O3S/c21-20(22)13-9-8-12(23-13)7-4-10-16-19-14(17-18-15(19)24)11-5-2-1-3-6-11/h1-10H,(H,18,24)/b7-4+,16-10+. The SMILES string of the molecule is O=[N+]([O-])c1ccc(/C=C/C=N/n2c(S)nnc2-c2ccccc2)o1. The molecule has 0 spiro atoms. The van der Waals surface area contributed by atoms with Gasteiger partial charge in [-0.15, -0.1) is 22.8 Å². The van der Waals surface area contributed by atoms with E-state index in [-0.39, 0.29) is 5.88 Å². The minimum atomic E-state index is -0.595. The van der Waals surface area contributed by atoms with Gasteiger partial charge in [0.25, 0.3) is 0 Å². The molecule has 9 heteroatoms. The zero-order valence-electron chi connectivity index (χ0n) is 12.2. The average Bonchev–Trinajstić information content (AvgIpc) is 3.20. The largest absolute Gasteiger partial charge is 0.433 e. The summed E-state index contributed by atoms with van der Waals surface area (Å²) in [5.74, 6) is 0.597. The van der Waals surface area contributed by atoms with Crippen molar-refractivity contribution in [1.29, 1.82) is 0 Å². The second-order valence-electron chi connectivity index (χ2n) is 4.56. The van der Waals surface area contributed by atoms with Crippen LogP contribution in [0.4, 0.5) is 5.88 Å². The Morgan fingerprint density at radius 3 is 2.71 bits per heavy atom. The molecular weight excluding hydrogens is 330 g/mol. The Labute approximate surface area is 141 Å². The van der Waals surface area contributed by atoms with Gasteiger partial charge < -0.3 is 4.42 Å². The molecule has 0 amide bonds. The van der Waals surface area contributed by atoms with Crippen LogP contribution >= 0.6 is 12.6 Å². The third-order valence-electron chi connectivity index (χ3n) is 2.98. The quantitative estimate of drug-likeness (QED) is 0.332. The summed E-state index contributed by atoms with van der Waals surface area (Å²) in [6, 6.07) is 12.2. The van der Waals surface area contributed by atoms with E-state index in [0.717, 1.165) is 5.56 Å². The number of furan rings is 1. The van der Waals surface area contributed by atoms with E-state index >= 15 is 0 Å². The topological polar surface area (TPSA) is 99.3 Å². The maximum absolute atomic E-state index is 10.5. The number of thiol groups is 1. The molecule has 24 heavy (non-hydrogen) atoms. The molecular formula is C15H11N5O3S. The normalized spacial score (nSPS) is 11.5. The molecule has 120 valence electrons. The lowest BCUT2D eigenvalue weighted by atomic mass is 10.2. The number of rotatable bonds is 5. The van der Waals surface area contributed by atoms with Crippen LogP contribution in [0.15, 0.2) is 63.2 Å². The smallest absolute Gasteiger partial charge is 0.401 e. The van der Waals surface area contributed by atoms with Crippen LogP contribution in [0, 0.1) is 10.1 Å². The van der Waals surface area contributed by atoms with Crippen molar-refractivity contribution in [3.8, 4) is 11.4 Å². The molecule has 3 aromatic rings. The molecule has 2 heterocycles. The Kier molecular flexibility index (Phi) is 4.52. The predicted octanol–water partition coefficient (Wildman–Crippen LogP) is 3.28. The summed E-state index contributed by atoms with van der Waals surface area (Å²) in [4.78, 5) is 9.95. The lowest BCUT2D eigenvalue weighted by Gasteiger charge is -2.00. The highest BCUT2D eigenvalue weighted by Gasteiger charge is 2.10. The van der Waals surface area contributed by atoms with Gasteiger partial charge >= 0.3 is 5.88 Å². The molecule has 0 unspecified atom stereocenters. The zero-order chi connectivity index (χ0) is 16.9. The van der Waals surface area contributed by atoms with E-state index in [1.807, 2.05) is 30.3 Å². The minimum absolute atomic E-state index is 0.311. The molecule has 0 aliphatic heterocycles. The first-order valence-electron chi connectivity index (χ1n) is 6.80. The third-order valence-corrected chi connectivity index (χ3v) is 3.26. The Balaban J connectivity index is 1.78. The second-order valence-corrected chi connectivity index (χ2v) is 4.96. The fraction of sp³-hybridized carbons (Fsp3) is 0. The van der Waals surface area contributed by atoms with E-state index in [9.17, 15) is 10.1 Å². The molecule has 0 aliphatic carbocycles. The predicted molar refractivity (Wildman–Crippen MR) is 91.0 cm³/mol. The molecule has 0 saturated heterocycles. The molecule has 0 atom stereocenters. The molecule has 0 radical (unpaired) electrons. The van der Waals surface area contributed by atoms with Crippen molar-refractivity contribution in [3.63, 3.8) is 0 Å². The van der Waals surface area contributed by atoms with Crippen LogP contribution in [0.5, 0.6) is 0 Å². The van der Waals surface area contributed by atoms with Gasteiger partial charge in [0.15, 0.2) is 5.82 Å². The Bertz CT molecular complexity index is 914. The van der Waals surface area contributed by atoms with Gasteiger partial charge in [0.05, 0.1) is 6.07 Å². The summed E-state index contributed by atoms with van der Waals surface area (Å²) in [7, 11) is 0. The van der Waals surface area contributed by atoms with E-state index in [1.165, 1.54) is 23.0 Å². The van der Waals surface area contributed by atoms with Gasteiger partial charge in [-0.2, -0.15) is 9.78 Å². The van der Waals surface area contributed by atoms with Crippen LogP contribution in [0.2, 0.25) is 0 Å². The highest BCUT2D eigenvalue weighted by Crippen LogP contribution is 2.19. The third kappa shape index (κ3) is 3.41. The minimum Gasteiger partial charge on any atom is -0.401 e. The number of allylic oxidation sites excluding steroid dienone is 1. The number of benzene rings is 1. The first-order chi connectivity index (χ1) is 11.6. The van der Waals surface area contributed by atoms with E-state index < -0.39 is 4.92 Å². The summed E-state index contributed by atoms with van der Waals surface area (Å²) in [5.41, 5.74) is 0.855. The number of hydrogen-bond acceptors (Lipinski definition) is 7. The summed E-state index contributed by atoms with van der Waals surface area (Å²) in [6.07, 6.45) is 4.63. The highest BCUT2D eigenvalue weighted by atomic mass is 32.1. The van der Waals surface area contributed by atoms with Gasteiger partial charge in [-0.3, -0.25) is 10.1 Å². The maximum atomic E-state index is 10.5. The Morgan fingerprint density at radius 2 is 2.00 bits per heavy atom. The van der Waals surface area contributed by atoms with Crippen LogP contribution in [0.3, 0.4) is 0 Å². The Morgan fingerprint density at radius 1 is 1.21 bits per heavy atom. The first-order valence-corrected chi connectivity index (χ1v) is 7.25. The molecule has 8 nitrogen and oxygen atoms in total. The van der Waals surface area contributed by atoms with Gasteiger partial charge in [0, 0.05) is 11.8 Å². The first kappa shape index (κ1) is 15.7. The molecule has 3 rings (SSSR count). The van der Waals surface area contributed by atoms with Crippen LogP contribution in [-0.4, -0.2) is 26.0 Å². The van der Waals surface area contributed by atoms with E-state index in [0.29, 0.717) is 16.7 Å². The van der Waals surface area contributed by atoms with Crippen LogP contribution < -0.4 is 0 Å². The van der Waals surface area contributed by atoms with Crippen LogP contribution in [0.1, 0.15) is 5.76 Å². The average molecular weight is 341 g/mol. The monoisotopic (exact) mass is 341 g/mol. The molecule has 2 aromatic heterocycles. The van der Waals surface area contributed by atoms with Crippen molar-refractivity contribution in [3.05, 3.63) is 64.4 Å². The van der Waals surface area contributed by atoms with E-state index in [4.69, 9.17) is 4.42 Å². The van der Waals surface area contributed by atoms with E-state index in [2.05, 4.69) is 27.9 Å². The van der Waals surface area contributed by atoms with Crippen LogP contribution in [-0.2, 0) is 0 Å².